The van der Waals surface area contributed by atoms with Crippen LogP contribution in [0.4, 0.5) is 5.82 Å². The van der Waals surface area contributed by atoms with Crippen LogP contribution in [0.5, 0.6) is 0 Å². The monoisotopic (exact) mass is 395 g/mol. The van der Waals surface area contributed by atoms with Crippen LogP contribution in [0.2, 0.25) is 0 Å². The number of hydrogen-bond acceptors (Lipinski definition) is 5. The maximum absolute atomic E-state index is 12.4. The number of fused-ring (bicyclic) bond motifs is 3. The van der Waals surface area contributed by atoms with E-state index >= 15 is 0 Å². The largest absolute Gasteiger partial charge is 0.368 e. The number of sulfonamides is 1. The third-order valence-corrected chi connectivity index (χ3v) is 5.94. The van der Waals surface area contributed by atoms with Crippen molar-refractivity contribution in [2.45, 2.75) is 18.7 Å². The number of aromatic nitrogens is 3. The number of nitrogens with zero attached hydrogens (tertiary/aromatic N) is 3. The van der Waals surface area contributed by atoms with Crippen molar-refractivity contribution in [1.82, 2.24) is 19.3 Å². The predicted molar refractivity (Wildman–Crippen MR) is 110 cm³/mol. The summed E-state index contributed by atoms with van der Waals surface area (Å²) in [5.74, 6) is 0.706. The molecule has 0 saturated heterocycles. The van der Waals surface area contributed by atoms with Crippen LogP contribution in [0.3, 0.4) is 0 Å². The molecule has 7 nitrogen and oxygen atoms in total. The zero-order valence-corrected chi connectivity index (χ0v) is 16.5. The van der Waals surface area contributed by atoms with E-state index in [0.29, 0.717) is 12.4 Å². The molecule has 8 heteroatoms. The van der Waals surface area contributed by atoms with E-state index in [9.17, 15) is 8.42 Å². The van der Waals surface area contributed by atoms with Crippen LogP contribution in [-0.4, -0.2) is 36.1 Å². The quantitative estimate of drug-likeness (QED) is 0.490. The second kappa shape index (κ2) is 7.21. The highest BCUT2D eigenvalue weighted by Gasteiger charge is 2.13. The van der Waals surface area contributed by atoms with Crippen molar-refractivity contribution < 1.29 is 8.42 Å². The van der Waals surface area contributed by atoms with E-state index < -0.39 is 10.0 Å². The molecule has 0 amide bonds. The third-order valence-electron chi connectivity index (χ3n) is 4.47. The highest BCUT2D eigenvalue weighted by molar-refractivity contribution is 7.89. The molecule has 0 aliphatic heterocycles. The van der Waals surface area contributed by atoms with Gasteiger partial charge in [0.1, 0.15) is 5.82 Å². The van der Waals surface area contributed by atoms with Crippen LogP contribution in [0, 0.1) is 13.8 Å². The smallest absolute Gasteiger partial charge is 0.240 e. The zero-order valence-electron chi connectivity index (χ0n) is 15.7. The van der Waals surface area contributed by atoms with Gasteiger partial charge in [-0.25, -0.2) is 22.6 Å². The van der Waals surface area contributed by atoms with Crippen LogP contribution >= 0.6 is 0 Å². The van der Waals surface area contributed by atoms with E-state index in [2.05, 4.69) is 20.1 Å². The fraction of sp³-hybridized carbons (Fsp3) is 0.200. The number of para-hydroxylation sites is 1. The molecule has 2 heterocycles. The summed E-state index contributed by atoms with van der Waals surface area (Å²) in [6.07, 6.45) is 0. The number of hydrogen-bond donors (Lipinski definition) is 2. The Balaban J connectivity index is 1.50. The molecule has 0 bridgehead atoms. The summed E-state index contributed by atoms with van der Waals surface area (Å²) in [6, 6.07) is 16.6. The lowest BCUT2D eigenvalue weighted by molar-refractivity contribution is 0.583. The second-order valence-corrected chi connectivity index (χ2v) is 8.44. The Morgan fingerprint density at radius 2 is 1.75 bits per heavy atom. The number of aryl methyl sites for hydroxylation is 2. The molecule has 0 fully saturated rings. The van der Waals surface area contributed by atoms with Crippen molar-refractivity contribution in [2.75, 3.05) is 18.4 Å². The Kier molecular flexibility index (Phi) is 4.74. The van der Waals surface area contributed by atoms with Crippen LogP contribution in [0.25, 0.3) is 16.6 Å². The van der Waals surface area contributed by atoms with Crippen LogP contribution in [0.1, 0.15) is 11.3 Å². The van der Waals surface area contributed by atoms with Gasteiger partial charge in [0.05, 0.1) is 16.1 Å². The Hall–Kier alpha value is -2.97. The van der Waals surface area contributed by atoms with Gasteiger partial charge < -0.3 is 5.32 Å². The zero-order chi connectivity index (χ0) is 19.7. The number of anilines is 1. The van der Waals surface area contributed by atoms with Gasteiger partial charge in [-0.05, 0) is 38.1 Å². The summed E-state index contributed by atoms with van der Waals surface area (Å²) in [7, 11) is -3.53. The maximum atomic E-state index is 12.4. The van der Waals surface area contributed by atoms with Gasteiger partial charge in [-0.15, -0.1) is 0 Å². The lowest BCUT2D eigenvalue weighted by Crippen LogP contribution is -2.29. The standard InChI is InChI=1S/C20H21N5O2S/c1-14-7-9-16(10-8-14)28(26,27)22-12-11-21-20-17-5-3-4-6-18(17)25-19(23-20)13-15(2)24-25/h3-10,13,22H,11-12H2,1-2H3,(H,21,23). The average molecular weight is 395 g/mol. The lowest BCUT2D eigenvalue weighted by Gasteiger charge is -2.11. The van der Waals surface area contributed by atoms with Gasteiger partial charge in [-0.3, -0.25) is 0 Å². The fourth-order valence-electron chi connectivity index (χ4n) is 3.08. The number of rotatable bonds is 6. The van der Waals surface area contributed by atoms with Crippen molar-refractivity contribution in [1.29, 1.82) is 0 Å². The third kappa shape index (κ3) is 3.56. The number of benzene rings is 2. The first-order chi connectivity index (χ1) is 13.4. The minimum Gasteiger partial charge on any atom is -0.368 e. The summed E-state index contributed by atoms with van der Waals surface area (Å²) >= 11 is 0. The first-order valence-electron chi connectivity index (χ1n) is 8.99. The molecule has 0 unspecified atom stereocenters. The maximum Gasteiger partial charge on any atom is 0.240 e. The summed E-state index contributed by atoms with van der Waals surface area (Å²) in [5, 5.41) is 8.66. The predicted octanol–water partition coefficient (Wildman–Crippen LogP) is 2.89. The van der Waals surface area contributed by atoms with Crippen molar-refractivity contribution in [3.63, 3.8) is 0 Å². The normalized spacial score (nSPS) is 11.9. The SMILES string of the molecule is Cc1ccc(S(=O)(=O)NCCNc2nc3cc(C)nn3c3ccccc23)cc1. The first-order valence-corrected chi connectivity index (χ1v) is 10.5. The molecule has 2 aromatic heterocycles. The van der Waals surface area contributed by atoms with E-state index in [0.717, 1.165) is 27.8 Å². The molecule has 0 saturated carbocycles. The van der Waals surface area contributed by atoms with E-state index in [-0.39, 0.29) is 11.4 Å². The summed E-state index contributed by atoms with van der Waals surface area (Å²) in [6.45, 7) is 4.50. The van der Waals surface area contributed by atoms with Crippen LogP contribution < -0.4 is 10.0 Å². The molecule has 2 N–H and O–H groups in total. The van der Waals surface area contributed by atoms with E-state index in [1.165, 1.54) is 0 Å². The van der Waals surface area contributed by atoms with Gasteiger partial charge in [0.25, 0.3) is 0 Å². The molecule has 4 rings (SSSR count). The molecule has 0 aliphatic carbocycles. The Bertz CT molecular complexity index is 1250. The Morgan fingerprint density at radius 3 is 2.54 bits per heavy atom. The Morgan fingerprint density at radius 1 is 1.00 bits per heavy atom. The molecule has 2 aromatic carbocycles. The van der Waals surface area contributed by atoms with Crippen molar-refractivity contribution in [3.8, 4) is 0 Å². The van der Waals surface area contributed by atoms with E-state index in [1.807, 2.05) is 48.7 Å². The first kappa shape index (κ1) is 18.4. The van der Waals surface area contributed by atoms with Gasteiger partial charge >= 0.3 is 0 Å². The molecule has 0 aliphatic rings. The molecular formula is C20H21N5O2S. The van der Waals surface area contributed by atoms with Gasteiger partial charge in [-0.2, -0.15) is 5.10 Å². The lowest BCUT2D eigenvalue weighted by atomic mass is 10.2. The number of nitrogens with one attached hydrogen (secondary N) is 2. The van der Waals surface area contributed by atoms with Gasteiger partial charge in [-0.1, -0.05) is 29.8 Å². The minimum absolute atomic E-state index is 0.246. The highest BCUT2D eigenvalue weighted by atomic mass is 32.2. The molecule has 28 heavy (non-hydrogen) atoms. The highest BCUT2D eigenvalue weighted by Crippen LogP contribution is 2.23. The molecule has 0 spiro atoms. The Labute approximate surface area is 163 Å². The molecule has 4 aromatic rings. The van der Waals surface area contributed by atoms with Crippen LogP contribution in [-0.2, 0) is 10.0 Å². The molecular weight excluding hydrogens is 374 g/mol. The fourth-order valence-corrected chi connectivity index (χ4v) is 4.11. The van der Waals surface area contributed by atoms with Gasteiger partial charge in [0, 0.05) is 24.5 Å². The summed E-state index contributed by atoms with van der Waals surface area (Å²) in [5.41, 5.74) is 3.60. The van der Waals surface area contributed by atoms with E-state index in [4.69, 9.17) is 0 Å². The minimum atomic E-state index is -3.53. The summed E-state index contributed by atoms with van der Waals surface area (Å²) < 4.78 is 29.2. The molecule has 144 valence electrons. The topological polar surface area (TPSA) is 88.4 Å². The molecule has 0 atom stereocenters. The van der Waals surface area contributed by atoms with Gasteiger partial charge in [0.2, 0.25) is 10.0 Å². The molecule has 0 radical (unpaired) electrons. The van der Waals surface area contributed by atoms with Gasteiger partial charge in [0.15, 0.2) is 5.65 Å². The van der Waals surface area contributed by atoms with Crippen molar-refractivity contribution in [3.05, 3.63) is 65.9 Å². The summed E-state index contributed by atoms with van der Waals surface area (Å²) in [4.78, 5) is 4.90. The van der Waals surface area contributed by atoms with Crippen LogP contribution in [0.15, 0.2) is 59.5 Å². The second-order valence-electron chi connectivity index (χ2n) is 6.67. The van der Waals surface area contributed by atoms with E-state index in [1.54, 1.807) is 24.3 Å². The average Bonchev–Trinajstić information content (AvgIpc) is 3.06. The van der Waals surface area contributed by atoms with Crippen molar-refractivity contribution in [2.24, 2.45) is 0 Å². The van der Waals surface area contributed by atoms with Crippen molar-refractivity contribution >= 4 is 32.4 Å².